The number of carbonyl (C=O) groups excluding carboxylic acids is 1. The molecule has 13 nitrogen and oxygen atoms in total. The zero-order valence-electron chi connectivity index (χ0n) is 16.5. The van der Waals surface area contributed by atoms with Gasteiger partial charge in [0.2, 0.25) is 11.6 Å². The number of hydrazone groups is 1. The average molecular weight is 427 g/mol. The number of aromatic hydroxyl groups is 2. The van der Waals surface area contributed by atoms with E-state index in [1.165, 1.54) is 30.8 Å². The number of hydrogen-bond acceptors (Lipinski definition) is 11. The Kier molecular flexibility index (Phi) is 5.75. The molecule has 1 saturated heterocycles. The van der Waals surface area contributed by atoms with Gasteiger partial charge in [0.1, 0.15) is 17.2 Å². The van der Waals surface area contributed by atoms with Crippen molar-refractivity contribution in [3.05, 3.63) is 35.2 Å². The quantitative estimate of drug-likeness (QED) is 0.317. The number of nitrogen functional groups attached to an aromatic ring is 1. The van der Waals surface area contributed by atoms with Crippen molar-refractivity contribution < 1.29 is 19.6 Å². The monoisotopic (exact) mass is 427 g/mol. The number of hydrogen-bond donors (Lipinski definition) is 4. The van der Waals surface area contributed by atoms with Crippen molar-refractivity contribution in [1.29, 1.82) is 0 Å². The van der Waals surface area contributed by atoms with Gasteiger partial charge < -0.3 is 15.9 Å². The molecule has 31 heavy (non-hydrogen) atoms. The van der Waals surface area contributed by atoms with E-state index in [0.29, 0.717) is 17.8 Å². The number of nitrogens with one attached hydrogen (secondary N) is 1. The highest BCUT2D eigenvalue weighted by atomic mass is 16.6. The van der Waals surface area contributed by atoms with E-state index >= 15 is 0 Å². The fraction of sp³-hybridized carbons (Fsp3) is 0.333. The number of rotatable bonds is 6. The predicted octanol–water partition coefficient (Wildman–Crippen LogP) is 0.394. The molecule has 0 spiro atoms. The predicted molar refractivity (Wildman–Crippen MR) is 108 cm³/mol. The molecular formula is C18H21N9O4. The van der Waals surface area contributed by atoms with Crippen LogP contribution in [0.15, 0.2) is 27.9 Å². The standard InChI is InChI=1S/C18H21N9O4/c19-16-17(24-31-23-16)27-15(13(21-25-27)10-26-6-2-1-3-7-26)18(30)22-20-9-11-4-5-12(28)8-14(11)29/h4-5,8-9,28-29H,1-3,6-7,10H2,(H2,19,23)(H,22,30)/b20-9+. The smallest absolute Gasteiger partial charge is 0.292 e. The van der Waals surface area contributed by atoms with Crippen LogP contribution in [0.25, 0.3) is 5.82 Å². The molecular weight excluding hydrogens is 406 g/mol. The summed E-state index contributed by atoms with van der Waals surface area (Å²) in [4.78, 5) is 15.1. The first-order valence-corrected chi connectivity index (χ1v) is 9.63. The number of likely N-dealkylation sites (tertiary alicyclic amines) is 1. The lowest BCUT2D eigenvalue weighted by molar-refractivity contribution is 0.0944. The fourth-order valence-electron chi connectivity index (χ4n) is 3.32. The van der Waals surface area contributed by atoms with Crippen LogP contribution in [0.3, 0.4) is 0 Å². The normalized spacial score (nSPS) is 14.8. The molecule has 2 aromatic heterocycles. The van der Waals surface area contributed by atoms with Crippen LogP contribution in [0.2, 0.25) is 0 Å². The number of carbonyl (C=O) groups is 1. The van der Waals surface area contributed by atoms with Crippen molar-refractivity contribution in [3.63, 3.8) is 0 Å². The number of benzene rings is 1. The van der Waals surface area contributed by atoms with Crippen LogP contribution in [0.1, 0.15) is 41.0 Å². The van der Waals surface area contributed by atoms with Crippen LogP contribution >= 0.6 is 0 Å². The summed E-state index contributed by atoms with van der Waals surface area (Å²) < 4.78 is 5.78. The third-order valence-electron chi connectivity index (χ3n) is 4.86. The molecule has 0 saturated carbocycles. The summed E-state index contributed by atoms with van der Waals surface area (Å²) in [6, 6.07) is 4.01. The lowest BCUT2D eigenvalue weighted by Gasteiger charge is -2.25. The maximum atomic E-state index is 13.0. The van der Waals surface area contributed by atoms with Crippen LogP contribution in [0.4, 0.5) is 5.82 Å². The van der Waals surface area contributed by atoms with E-state index < -0.39 is 5.91 Å². The van der Waals surface area contributed by atoms with Gasteiger partial charge in [0.25, 0.3) is 5.91 Å². The first-order chi connectivity index (χ1) is 15.0. The van der Waals surface area contributed by atoms with Crippen LogP contribution in [-0.2, 0) is 6.54 Å². The molecule has 0 aliphatic carbocycles. The number of amides is 1. The molecule has 162 valence electrons. The molecule has 1 amide bonds. The molecule has 1 aliphatic heterocycles. The minimum Gasteiger partial charge on any atom is -0.508 e. The summed E-state index contributed by atoms with van der Waals surface area (Å²) >= 11 is 0. The second-order valence-electron chi connectivity index (χ2n) is 7.05. The highest BCUT2D eigenvalue weighted by molar-refractivity contribution is 5.95. The van der Waals surface area contributed by atoms with Crippen molar-refractivity contribution in [1.82, 2.24) is 35.6 Å². The summed E-state index contributed by atoms with van der Waals surface area (Å²) in [5, 5.41) is 38.5. The van der Waals surface area contributed by atoms with E-state index in [1.807, 2.05) is 0 Å². The number of phenols is 2. The Labute approximate surface area is 176 Å². The summed E-state index contributed by atoms with van der Waals surface area (Å²) in [6.45, 7) is 2.23. The van der Waals surface area contributed by atoms with Crippen molar-refractivity contribution in [2.75, 3.05) is 18.8 Å². The molecule has 4 rings (SSSR count). The Balaban J connectivity index is 1.59. The number of aromatic nitrogens is 5. The van der Waals surface area contributed by atoms with E-state index in [4.69, 9.17) is 5.73 Å². The van der Waals surface area contributed by atoms with Crippen LogP contribution in [0, 0.1) is 0 Å². The van der Waals surface area contributed by atoms with Gasteiger partial charge in [0.05, 0.1) is 6.21 Å². The van der Waals surface area contributed by atoms with Gasteiger partial charge in [-0.1, -0.05) is 11.6 Å². The average Bonchev–Trinajstić information content (AvgIpc) is 3.36. The Morgan fingerprint density at radius 1 is 1.26 bits per heavy atom. The molecule has 1 fully saturated rings. The van der Waals surface area contributed by atoms with Gasteiger partial charge in [0, 0.05) is 18.2 Å². The second kappa shape index (κ2) is 8.79. The molecule has 0 radical (unpaired) electrons. The van der Waals surface area contributed by atoms with Gasteiger partial charge in [-0.25, -0.2) is 10.1 Å². The molecule has 5 N–H and O–H groups in total. The topological polar surface area (TPSA) is 181 Å². The zero-order valence-corrected chi connectivity index (χ0v) is 16.5. The first kappa shape index (κ1) is 20.3. The van der Waals surface area contributed by atoms with Crippen LogP contribution < -0.4 is 11.2 Å². The van der Waals surface area contributed by atoms with Crippen molar-refractivity contribution in [2.45, 2.75) is 25.8 Å². The van der Waals surface area contributed by atoms with Gasteiger partial charge in [-0.05, 0) is 48.4 Å². The molecule has 3 aromatic rings. The second-order valence-corrected chi connectivity index (χ2v) is 7.05. The fourth-order valence-corrected chi connectivity index (χ4v) is 3.32. The summed E-state index contributed by atoms with van der Waals surface area (Å²) in [5.41, 5.74) is 9.00. The van der Waals surface area contributed by atoms with Gasteiger partial charge in [0.15, 0.2) is 5.69 Å². The van der Waals surface area contributed by atoms with Gasteiger partial charge in [-0.15, -0.1) is 5.10 Å². The summed E-state index contributed by atoms with van der Waals surface area (Å²) in [6.07, 6.45) is 4.58. The van der Waals surface area contributed by atoms with Gasteiger partial charge in [-0.2, -0.15) is 9.78 Å². The number of phenolic OH excluding ortho intramolecular Hbond substituents is 2. The van der Waals surface area contributed by atoms with Gasteiger partial charge >= 0.3 is 0 Å². The highest BCUT2D eigenvalue weighted by Crippen LogP contribution is 2.21. The molecule has 0 atom stereocenters. The van der Waals surface area contributed by atoms with E-state index in [0.717, 1.165) is 30.6 Å². The molecule has 1 aliphatic rings. The van der Waals surface area contributed by atoms with Gasteiger partial charge in [-0.3, -0.25) is 9.69 Å². The maximum Gasteiger partial charge on any atom is 0.292 e. The number of piperidine rings is 1. The largest absolute Gasteiger partial charge is 0.508 e. The van der Waals surface area contributed by atoms with E-state index in [9.17, 15) is 15.0 Å². The van der Waals surface area contributed by atoms with E-state index in [-0.39, 0.29) is 28.8 Å². The van der Waals surface area contributed by atoms with Crippen molar-refractivity contribution >= 4 is 17.9 Å². The lowest BCUT2D eigenvalue weighted by atomic mass is 10.1. The van der Waals surface area contributed by atoms with Crippen molar-refractivity contribution in [2.24, 2.45) is 5.10 Å². The highest BCUT2D eigenvalue weighted by Gasteiger charge is 2.26. The van der Waals surface area contributed by atoms with E-state index in [2.05, 4.69) is 40.7 Å². The molecule has 0 unspecified atom stereocenters. The summed E-state index contributed by atoms with van der Waals surface area (Å²) in [5.74, 6) is -0.871. The number of nitrogens with two attached hydrogens (primary N) is 1. The minimum atomic E-state index is -0.603. The Hall–Kier alpha value is -4.00. The Bertz CT molecular complexity index is 1100. The maximum absolute atomic E-state index is 13.0. The zero-order chi connectivity index (χ0) is 21.8. The number of nitrogens with zero attached hydrogens (tertiary/aromatic N) is 7. The SMILES string of the molecule is Nc1nonc1-n1nnc(CN2CCCCC2)c1C(=O)N/N=C/c1ccc(O)cc1O. The minimum absolute atomic E-state index is 0.0408. The third kappa shape index (κ3) is 4.45. The lowest BCUT2D eigenvalue weighted by Crippen LogP contribution is -2.31. The van der Waals surface area contributed by atoms with Crippen LogP contribution in [0.5, 0.6) is 11.5 Å². The molecule has 13 heteroatoms. The van der Waals surface area contributed by atoms with E-state index in [1.54, 1.807) is 0 Å². The molecule has 1 aromatic carbocycles. The molecule has 0 bridgehead atoms. The Morgan fingerprint density at radius 3 is 2.77 bits per heavy atom. The Morgan fingerprint density at radius 2 is 2.06 bits per heavy atom. The molecule has 3 heterocycles. The summed E-state index contributed by atoms with van der Waals surface area (Å²) in [7, 11) is 0. The van der Waals surface area contributed by atoms with Crippen molar-refractivity contribution in [3.8, 4) is 17.3 Å². The first-order valence-electron chi connectivity index (χ1n) is 9.63. The number of anilines is 1. The van der Waals surface area contributed by atoms with Crippen LogP contribution in [-0.4, -0.2) is 65.6 Å². The third-order valence-corrected chi connectivity index (χ3v) is 4.86.